The Labute approximate surface area is 142 Å². The summed E-state index contributed by atoms with van der Waals surface area (Å²) in [6.45, 7) is 2.61. The van der Waals surface area contributed by atoms with Crippen LogP contribution in [-0.4, -0.2) is 42.3 Å². The van der Waals surface area contributed by atoms with Gasteiger partial charge in [0.2, 0.25) is 11.8 Å². The minimum Gasteiger partial charge on any atom is -0.355 e. The topological polar surface area (TPSA) is 78.5 Å². The summed E-state index contributed by atoms with van der Waals surface area (Å²) >= 11 is 0. The minimum absolute atomic E-state index is 0.0484. The Morgan fingerprint density at radius 1 is 1.17 bits per heavy atom. The third-order valence-corrected chi connectivity index (χ3v) is 4.23. The second-order valence-corrected chi connectivity index (χ2v) is 5.99. The van der Waals surface area contributed by atoms with Gasteiger partial charge in [-0.3, -0.25) is 14.4 Å². The summed E-state index contributed by atoms with van der Waals surface area (Å²) in [6, 6.07) is 6.31. The first-order valence-corrected chi connectivity index (χ1v) is 8.49. The van der Waals surface area contributed by atoms with Gasteiger partial charge in [-0.1, -0.05) is 6.92 Å². The van der Waals surface area contributed by atoms with Gasteiger partial charge in [0.1, 0.15) is 6.04 Å². The third kappa shape index (κ3) is 4.34. The summed E-state index contributed by atoms with van der Waals surface area (Å²) in [6.07, 6.45) is 3.84. The van der Waals surface area contributed by atoms with Crippen molar-refractivity contribution in [2.45, 2.75) is 45.1 Å². The Balaban J connectivity index is 2.04. The van der Waals surface area contributed by atoms with E-state index in [2.05, 4.69) is 10.6 Å². The van der Waals surface area contributed by atoms with Crippen molar-refractivity contribution >= 4 is 23.4 Å². The molecule has 1 unspecified atom stereocenters. The molecule has 2 rings (SSSR count). The normalized spacial score (nSPS) is 17.2. The van der Waals surface area contributed by atoms with Crippen molar-refractivity contribution in [3.8, 4) is 0 Å². The van der Waals surface area contributed by atoms with Gasteiger partial charge in [-0.2, -0.15) is 0 Å². The summed E-state index contributed by atoms with van der Waals surface area (Å²) in [7, 11) is 1.57. The minimum atomic E-state index is -0.406. The predicted molar refractivity (Wildman–Crippen MR) is 92.7 cm³/mol. The molecule has 1 aromatic carbocycles. The molecule has 6 nitrogen and oxygen atoms in total. The largest absolute Gasteiger partial charge is 0.355 e. The second-order valence-electron chi connectivity index (χ2n) is 5.99. The first-order chi connectivity index (χ1) is 11.6. The van der Waals surface area contributed by atoms with Gasteiger partial charge in [-0.15, -0.1) is 0 Å². The van der Waals surface area contributed by atoms with E-state index in [1.807, 2.05) is 6.92 Å². The van der Waals surface area contributed by atoms with Gasteiger partial charge >= 0.3 is 0 Å². The molecule has 0 saturated carbocycles. The van der Waals surface area contributed by atoms with E-state index in [-0.39, 0.29) is 17.7 Å². The van der Waals surface area contributed by atoms with Crippen molar-refractivity contribution in [3.63, 3.8) is 0 Å². The average molecular weight is 331 g/mol. The smallest absolute Gasteiger partial charge is 0.251 e. The van der Waals surface area contributed by atoms with E-state index >= 15 is 0 Å². The number of rotatable bonds is 5. The first kappa shape index (κ1) is 18.0. The van der Waals surface area contributed by atoms with Gasteiger partial charge in [0, 0.05) is 31.3 Å². The number of hydrogen-bond donors (Lipinski definition) is 2. The summed E-state index contributed by atoms with van der Waals surface area (Å²) < 4.78 is 0. The van der Waals surface area contributed by atoms with E-state index in [0.717, 1.165) is 19.3 Å². The monoisotopic (exact) mass is 331 g/mol. The number of amides is 3. The number of hydrogen-bond acceptors (Lipinski definition) is 3. The van der Waals surface area contributed by atoms with Crippen LogP contribution in [0.5, 0.6) is 0 Å². The van der Waals surface area contributed by atoms with E-state index < -0.39 is 6.04 Å². The molecule has 1 aliphatic heterocycles. The van der Waals surface area contributed by atoms with Crippen LogP contribution in [0.1, 0.15) is 49.4 Å². The number of carbonyl (C=O) groups excluding carboxylic acids is 3. The van der Waals surface area contributed by atoms with Crippen molar-refractivity contribution < 1.29 is 14.4 Å². The molecule has 0 spiro atoms. The summed E-state index contributed by atoms with van der Waals surface area (Å²) in [5, 5.41) is 5.41. The zero-order chi connectivity index (χ0) is 17.5. The Hall–Kier alpha value is -2.37. The van der Waals surface area contributed by atoms with Crippen LogP contribution >= 0.6 is 0 Å². The Bertz CT molecular complexity index is 598. The Kier molecular flexibility index (Phi) is 6.35. The van der Waals surface area contributed by atoms with E-state index in [1.54, 1.807) is 36.2 Å². The molecule has 1 aliphatic rings. The molecular weight excluding hydrogens is 306 g/mol. The van der Waals surface area contributed by atoms with Crippen LogP contribution < -0.4 is 10.6 Å². The first-order valence-electron chi connectivity index (χ1n) is 8.49. The lowest BCUT2D eigenvalue weighted by molar-refractivity contribution is -0.140. The van der Waals surface area contributed by atoms with Crippen LogP contribution in [0.3, 0.4) is 0 Å². The maximum atomic E-state index is 12.6. The number of carbonyl (C=O) groups is 3. The predicted octanol–water partition coefficient (Wildman–Crippen LogP) is 2.17. The van der Waals surface area contributed by atoms with Gasteiger partial charge in [0.05, 0.1) is 0 Å². The molecule has 24 heavy (non-hydrogen) atoms. The SMILES string of the molecule is CCCC(=O)N1CCCCC1C(=O)Nc1ccc(C(=O)NC)cc1. The number of likely N-dealkylation sites (tertiary alicyclic amines) is 1. The van der Waals surface area contributed by atoms with E-state index in [1.165, 1.54) is 0 Å². The van der Waals surface area contributed by atoms with Crippen LogP contribution in [-0.2, 0) is 9.59 Å². The molecule has 0 bridgehead atoms. The molecule has 6 heteroatoms. The molecule has 1 saturated heterocycles. The summed E-state index contributed by atoms with van der Waals surface area (Å²) in [5.74, 6) is -0.282. The summed E-state index contributed by atoms with van der Waals surface area (Å²) in [5.41, 5.74) is 1.16. The Morgan fingerprint density at radius 3 is 2.50 bits per heavy atom. The number of anilines is 1. The third-order valence-electron chi connectivity index (χ3n) is 4.23. The number of nitrogens with one attached hydrogen (secondary N) is 2. The fraction of sp³-hybridized carbons (Fsp3) is 0.500. The zero-order valence-electron chi connectivity index (χ0n) is 14.3. The van der Waals surface area contributed by atoms with Crippen molar-refractivity contribution in [2.24, 2.45) is 0 Å². The van der Waals surface area contributed by atoms with E-state index in [4.69, 9.17) is 0 Å². The number of piperidine rings is 1. The molecular formula is C18H25N3O3. The lowest BCUT2D eigenvalue weighted by atomic mass is 10.0. The second kappa shape index (κ2) is 8.47. The molecule has 1 aromatic rings. The highest BCUT2D eigenvalue weighted by molar-refractivity contribution is 5.98. The van der Waals surface area contributed by atoms with Gasteiger partial charge in [-0.05, 0) is 49.9 Å². The highest BCUT2D eigenvalue weighted by atomic mass is 16.2. The molecule has 0 radical (unpaired) electrons. The molecule has 130 valence electrons. The Morgan fingerprint density at radius 2 is 1.88 bits per heavy atom. The van der Waals surface area contributed by atoms with Crippen molar-refractivity contribution in [1.29, 1.82) is 0 Å². The molecule has 2 N–H and O–H groups in total. The van der Waals surface area contributed by atoms with E-state index in [0.29, 0.717) is 30.6 Å². The molecule has 3 amide bonds. The van der Waals surface area contributed by atoms with E-state index in [9.17, 15) is 14.4 Å². The van der Waals surface area contributed by atoms with Crippen LogP contribution in [0.25, 0.3) is 0 Å². The van der Waals surface area contributed by atoms with Crippen LogP contribution in [0.2, 0.25) is 0 Å². The van der Waals surface area contributed by atoms with Gasteiger partial charge in [0.25, 0.3) is 5.91 Å². The molecule has 0 aromatic heterocycles. The molecule has 1 fully saturated rings. The van der Waals surface area contributed by atoms with Crippen molar-refractivity contribution in [3.05, 3.63) is 29.8 Å². The number of nitrogens with zero attached hydrogens (tertiary/aromatic N) is 1. The lowest BCUT2D eigenvalue weighted by Gasteiger charge is -2.34. The molecule has 0 aliphatic carbocycles. The van der Waals surface area contributed by atoms with Gasteiger partial charge < -0.3 is 15.5 Å². The summed E-state index contributed by atoms with van der Waals surface area (Å²) in [4.78, 5) is 38.0. The maximum absolute atomic E-state index is 12.6. The zero-order valence-corrected chi connectivity index (χ0v) is 14.3. The van der Waals surface area contributed by atoms with Gasteiger partial charge in [-0.25, -0.2) is 0 Å². The van der Waals surface area contributed by atoms with Crippen LogP contribution in [0, 0.1) is 0 Å². The quantitative estimate of drug-likeness (QED) is 0.868. The van der Waals surface area contributed by atoms with Crippen molar-refractivity contribution in [1.82, 2.24) is 10.2 Å². The fourth-order valence-corrected chi connectivity index (χ4v) is 2.93. The lowest BCUT2D eigenvalue weighted by Crippen LogP contribution is -2.49. The van der Waals surface area contributed by atoms with Crippen molar-refractivity contribution in [2.75, 3.05) is 18.9 Å². The average Bonchev–Trinajstić information content (AvgIpc) is 2.62. The van der Waals surface area contributed by atoms with Crippen LogP contribution in [0.4, 0.5) is 5.69 Å². The highest BCUT2D eigenvalue weighted by Crippen LogP contribution is 2.20. The molecule has 1 heterocycles. The maximum Gasteiger partial charge on any atom is 0.251 e. The van der Waals surface area contributed by atoms with Crippen LogP contribution in [0.15, 0.2) is 24.3 Å². The standard InChI is InChI=1S/C18H25N3O3/c1-3-6-16(22)21-12-5-4-7-15(21)18(24)20-14-10-8-13(9-11-14)17(23)19-2/h8-11,15H,3-7,12H2,1-2H3,(H,19,23)(H,20,24). The number of benzene rings is 1. The highest BCUT2D eigenvalue weighted by Gasteiger charge is 2.31. The fourth-order valence-electron chi connectivity index (χ4n) is 2.93. The van der Waals surface area contributed by atoms with Gasteiger partial charge in [0.15, 0.2) is 0 Å². The molecule has 1 atom stereocenters.